The first kappa shape index (κ1) is 26.3. The van der Waals surface area contributed by atoms with Crippen LogP contribution in [0.25, 0.3) is 11.1 Å². The summed E-state index contributed by atoms with van der Waals surface area (Å²) < 4.78 is 42.8. The van der Waals surface area contributed by atoms with E-state index in [4.69, 9.17) is 21.1 Å². The van der Waals surface area contributed by atoms with Gasteiger partial charge in [0, 0.05) is 29.3 Å². The van der Waals surface area contributed by atoms with Crippen LogP contribution in [0.2, 0.25) is 5.02 Å². The van der Waals surface area contributed by atoms with Crippen LogP contribution in [0.3, 0.4) is 0 Å². The summed E-state index contributed by atoms with van der Waals surface area (Å²) in [4.78, 5) is 26.3. The number of pyridine rings is 1. The minimum Gasteiger partial charge on any atom is -0.458 e. The van der Waals surface area contributed by atoms with Gasteiger partial charge in [-0.05, 0) is 69.9 Å². The molecule has 1 aliphatic heterocycles. The van der Waals surface area contributed by atoms with Gasteiger partial charge < -0.3 is 18.8 Å². The van der Waals surface area contributed by atoms with Crippen molar-refractivity contribution in [3.63, 3.8) is 0 Å². The minimum absolute atomic E-state index is 0.0884. The van der Waals surface area contributed by atoms with Crippen molar-refractivity contribution in [2.24, 2.45) is 0 Å². The summed E-state index contributed by atoms with van der Waals surface area (Å²) in [7, 11) is 0. The number of rotatable bonds is 6. The predicted octanol–water partition coefficient (Wildman–Crippen LogP) is 5.53. The molecule has 1 aromatic carbocycles. The van der Waals surface area contributed by atoms with Gasteiger partial charge in [-0.15, -0.1) is 0 Å². The predicted molar refractivity (Wildman–Crippen MR) is 125 cm³/mol. The van der Waals surface area contributed by atoms with Crippen molar-refractivity contribution in [1.82, 2.24) is 4.57 Å². The molecule has 9 heteroatoms. The number of hydrogen-bond donors (Lipinski definition) is 0. The number of ether oxygens (including phenoxy) is 3. The number of esters is 1. The van der Waals surface area contributed by atoms with Crippen LogP contribution in [0.15, 0.2) is 35.3 Å². The zero-order chi connectivity index (χ0) is 25.2. The van der Waals surface area contributed by atoms with E-state index in [2.05, 4.69) is 4.74 Å². The lowest BCUT2D eigenvalue weighted by molar-refractivity contribution is -0.172. The van der Waals surface area contributed by atoms with Crippen LogP contribution >= 0.6 is 11.6 Å². The first-order valence-corrected chi connectivity index (χ1v) is 11.5. The smallest absolute Gasteiger partial charge is 0.345 e. The number of nitrogens with zero attached hydrogens (tertiary/aromatic N) is 1. The van der Waals surface area contributed by atoms with Crippen molar-refractivity contribution < 1.29 is 27.8 Å². The molecule has 0 aliphatic carbocycles. The van der Waals surface area contributed by atoms with Crippen molar-refractivity contribution >= 4 is 17.6 Å². The number of fused-ring (bicyclic) bond motifs is 3. The van der Waals surface area contributed by atoms with Crippen LogP contribution in [0, 0.1) is 0 Å². The molecule has 0 amide bonds. The average molecular weight is 498 g/mol. The molecule has 0 saturated carbocycles. The molecule has 3 rings (SSSR count). The number of hydrogen-bond acceptors (Lipinski definition) is 5. The lowest BCUT2D eigenvalue weighted by atomic mass is 9.92. The maximum atomic E-state index is 13.3. The Labute approximate surface area is 202 Å². The van der Waals surface area contributed by atoms with E-state index in [-0.39, 0.29) is 19.1 Å². The van der Waals surface area contributed by atoms with Crippen LogP contribution in [0.4, 0.5) is 8.78 Å². The molecule has 2 heterocycles. The topological polar surface area (TPSA) is 66.8 Å². The number of halogens is 3. The summed E-state index contributed by atoms with van der Waals surface area (Å²) in [5, 5.41) is 0.535. The molecule has 1 aliphatic rings. The highest BCUT2D eigenvalue weighted by atomic mass is 35.5. The van der Waals surface area contributed by atoms with Crippen LogP contribution in [-0.4, -0.2) is 35.0 Å². The molecular formula is C25H30ClF2NO5. The van der Waals surface area contributed by atoms with Gasteiger partial charge in [0.05, 0.1) is 18.8 Å². The quantitative estimate of drug-likeness (QED) is 0.491. The zero-order valence-corrected chi connectivity index (χ0v) is 20.7. The molecule has 1 unspecified atom stereocenters. The van der Waals surface area contributed by atoms with Crippen molar-refractivity contribution in [1.29, 1.82) is 0 Å². The summed E-state index contributed by atoms with van der Waals surface area (Å²) in [5.74, 6) is -0.706. The van der Waals surface area contributed by atoms with E-state index in [0.29, 0.717) is 22.6 Å². The Morgan fingerprint density at radius 2 is 1.91 bits per heavy atom. The Kier molecular flexibility index (Phi) is 8.16. The number of carbonyl (C=O) groups is 1. The summed E-state index contributed by atoms with van der Waals surface area (Å²) in [5.41, 5.74) is 1.83. The second kappa shape index (κ2) is 10.5. The van der Waals surface area contributed by atoms with Crippen LogP contribution in [0.5, 0.6) is 0 Å². The lowest BCUT2D eigenvalue weighted by Crippen LogP contribution is -2.37. The van der Waals surface area contributed by atoms with Gasteiger partial charge in [-0.3, -0.25) is 4.79 Å². The monoisotopic (exact) mass is 497 g/mol. The number of carbonyl (C=O) groups excluding carboxylic acids is 1. The van der Waals surface area contributed by atoms with Gasteiger partial charge in [0.1, 0.15) is 11.6 Å². The molecule has 0 saturated heterocycles. The lowest BCUT2D eigenvalue weighted by Gasteiger charge is -2.28. The third-order valence-corrected chi connectivity index (χ3v) is 5.70. The van der Waals surface area contributed by atoms with E-state index in [1.807, 2.05) is 13.0 Å². The molecule has 0 radical (unpaired) electrons. The summed E-state index contributed by atoms with van der Waals surface area (Å²) in [6.45, 7) is 5.66. The molecule has 0 fully saturated rings. The van der Waals surface area contributed by atoms with E-state index in [1.54, 1.807) is 39.1 Å². The van der Waals surface area contributed by atoms with E-state index < -0.39 is 35.9 Å². The van der Waals surface area contributed by atoms with E-state index >= 15 is 0 Å². The molecule has 0 spiro atoms. The fraction of sp³-hybridized carbons (Fsp3) is 0.520. The molecule has 186 valence electrons. The van der Waals surface area contributed by atoms with Crippen LogP contribution in [-0.2, 0) is 32.0 Å². The number of benzene rings is 1. The number of alkyl halides is 2. The van der Waals surface area contributed by atoms with E-state index in [9.17, 15) is 18.4 Å². The Morgan fingerprint density at radius 1 is 1.24 bits per heavy atom. The summed E-state index contributed by atoms with van der Waals surface area (Å²) >= 11 is 6.25. The van der Waals surface area contributed by atoms with E-state index in [0.717, 1.165) is 11.1 Å². The van der Waals surface area contributed by atoms with E-state index in [1.165, 1.54) is 17.6 Å². The molecule has 2 aromatic rings. The SMILES string of the molecule is C[C@@H]1Cc2ccc(Cl)cc2-c2cc(=O)n(C(C[C@H](C)OC(F)F)C(=O)OC(C)(C)C)cc2CO1. The second-order valence-electron chi connectivity index (χ2n) is 9.58. The van der Waals surface area contributed by atoms with Gasteiger partial charge in [0.25, 0.3) is 5.56 Å². The third kappa shape index (κ3) is 6.64. The minimum atomic E-state index is -3.00. The maximum Gasteiger partial charge on any atom is 0.345 e. The van der Waals surface area contributed by atoms with Crippen LogP contribution < -0.4 is 5.56 Å². The molecule has 34 heavy (non-hydrogen) atoms. The van der Waals surface area contributed by atoms with Crippen molar-refractivity contribution in [3.05, 3.63) is 57.0 Å². The van der Waals surface area contributed by atoms with Gasteiger partial charge in [0.2, 0.25) is 0 Å². The Morgan fingerprint density at radius 3 is 2.56 bits per heavy atom. The van der Waals surface area contributed by atoms with Gasteiger partial charge in [0.15, 0.2) is 0 Å². The van der Waals surface area contributed by atoms with Gasteiger partial charge in [-0.2, -0.15) is 8.78 Å². The van der Waals surface area contributed by atoms with Crippen LogP contribution in [0.1, 0.15) is 58.2 Å². The molecule has 3 atom stereocenters. The van der Waals surface area contributed by atoms with Gasteiger partial charge >= 0.3 is 12.6 Å². The molecule has 6 nitrogen and oxygen atoms in total. The first-order valence-electron chi connectivity index (χ1n) is 11.2. The zero-order valence-electron chi connectivity index (χ0n) is 19.9. The van der Waals surface area contributed by atoms with Crippen molar-refractivity contribution in [2.45, 2.75) is 84.5 Å². The maximum absolute atomic E-state index is 13.3. The highest BCUT2D eigenvalue weighted by Crippen LogP contribution is 2.33. The fourth-order valence-electron chi connectivity index (χ4n) is 4.02. The Hall–Kier alpha value is -2.29. The number of aromatic nitrogens is 1. The highest BCUT2D eigenvalue weighted by molar-refractivity contribution is 6.30. The normalized spacial score (nSPS) is 17.9. The second-order valence-corrected chi connectivity index (χ2v) is 10.0. The largest absolute Gasteiger partial charge is 0.458 e. The fourth-order valence-corrected chi connectivity index (χ4v) is 4.19. The van der Waals surface area contributed by atoms with Crippen molar-refractivity contribution in [2.75, 3.05) is 0 Å². The molecule has 0 N–H and O–H groups in total. The standard InChI is InChI=1S/C25H30ClF2NO5/c1-14-8-16-6-7-18(26)10-19(16)20-11-22(30)29(12-17(20)13-32-14)21(9-15(2)33-24(27)28)23(31)34-25(3,4)5/h6-7,10-12,14-15,21,24H,8-9,13H2,1-5H3/t14-,15+,21?/m1/s1. The first-order chi connectivity index (χ1) is 15.8. The average Bonchev–Trinajstić information content (AvgIpc) is 2.69. The van der Waals surface area contributed by atoms with Crippen molar-refractivity contribution in [3.8, 4) is 11.1 Å². The Bertz CT molecular complexity index is 1100. The summed E-state index contributed by atoms with van der Waals surface area (Å²) in [6, 6.07) is 5.78. The van der Waals surface area contributed by atoms with Gasteiger partial charge in [-0.25, -0.2) is 4.79 Å². The molecule has 1 aromatic heterocycles. The molecular weight excluding hydrogens is 468 g/mol. The van der Waals surface area contributed by atoms with Gasteiger partial charge in [-0.1, -0.05) is 17.7 Å². The molecule has 0 bridgehead atoms. The Balaban J connectivity index is 2.11. The highest BCUT2D eigenvalue weighted by Gasteiger charge is 2.31. The summed E-state index contributed by atoms with van der Waals surface area (Å²) in [6.07, 6.45) is 0.941. The third-order valence-electron chi connectivity index (χ3n) is 5.46.